The van der Waals surface area contributed by atoms with E-state index < -0.39 is 120 Å². The van der Waals surface area contributed by atoms with Crippen molar-refractivity contribution < 1.29 is 85.7 Å². The number of likely N-dealkylation sites (N-methyl/N-ethyl adjacent to an activating group) is 3. The number of ketones is 1. The number of primary amides is 1. The number of anilines is 1. The van der Waals surface area contributed by atoms with Crippen molar-refractivity contribution in [3.05, 3.63) is 65.5 Å². The van der Waals surface area contributed by atoms with Gasteiger partial charge in [-0.05, 0) is 136 Å². The summed E-state index contributed by atoms with van der Waals surface area (Å²) in [6.07, 6.45) is 0.165. The van der Waals surface area contributed by atoms with E-state index in [-0.39, 0.29) is 147 Å². The third-order valence-electron chi connectivity index (χ3n) is 20.8. The van der Waals surface area contributed by atoms with E-state index in [0.29, 0.717) is 36.9 Å². The van der Waals surface area contributed by atoms with Crippen molar-refractivity contribution in [2.45, 2.75) is 226 Å². The smallest absolute Gasteiger partial charge is 0.409 e. The number of unbranched alkanes of at least 4 members (excludes halogenated alkanes) is 2. The number of thioether (sulfide) groups is 1. The van der Waals surface area contributed by atoms with Crippen molar-refractivity contribution in [1.82, 2.24) is 56.4 Å². The number of halogens is 1. The molecule has 0 bridgehead atoms. The fourth-order valence-corrected chi connectivity index (χ4v) is 15.2. The number of benzene rings is 2. The minimum Gasteiger partial charge on any atom is -0.445 e. The summed E-state index contributed by atoms with van der Waals surface area (Å²) in [5, 5.41) is 18.8. The molecule has 614 valence electrons. The van der Waals surface area contributed by atoms with Crippen LogP contribution in [0.1, 0.15) is 169 Å². The van der Waals surface area contributed by atoms with Gasteiger partial charge in [-0.15, -0.1) is 11.8 Å². The third kappa shape index (κ3) is 27.8. The van der Waals surface area contributed by atoms with E-state index in [9.17, 15) is 61.9 Å². The summed E-state index contributed by atoms with van der Waals surface area (Å²) >= 11 is 1.56. The second kappa shape index (κ2) is 43.9. The summed E-state index contributed by atoms with van der Waals surface area (Å²) in [6.45, 7) is 20.1. The lowest BCUT2D eigenvalue weighted by atomic mass is 9.89. The van der Waals surface area contributed by atoms with Crippen LogP contribution >= 0.6 is 11.8 Å². The number of urea groups is 1. The first-order valence-electron chi connectivity index (χ1n) is 38.4. The summed E-state index contributed by atoms with van der Waals surface area (Å²) in [5.74, 6) is -5.84. The third-order valence-corrected chi connectivity index (χ3v) is 22.4. The molecule has 1 saturated carbocycles. The van der Waals surface area contributed by atoms with E-state index >= 15 is 4.79 Å². The first kappa shape index (κ1) is 92.1. The van der Waals surface area contributed by atoms with Crippen LogP contribution in [0.25, 0.3) is 0 Å². The lowest BCUT2D eigenvalue weighted by Crippen LogP contribution is -2.59. The van der Waals surface area contributed by atoms with Gasteiger partial charge in [0.05, 0.1) is 60.5 Å². The molecule has 3 fully saturated rings. The van der Waals surface area contributed by atoms with Gasteiger partial charge in [-0.2, -0.15) is 0 Å². The molecule has 110 heavy (non-hydrogen) atoms. The zero-order valence-electron chi connectivity index (χ0n) is 67.3. The van der Waals surface area contributed by atoms with Gasteiger partial charge in [0.1, 0.15) is 36.7 Å². The van der Waals surface area contributed by atoms with Crippen LogP contribution in [-0.2, 0) is 68.7 Å². The molecular formula is C78H122FN13O17S. The maximum atomic E-state index is 15.1. The van der Waals surface area contributed by atoms with E-state index in [1.54, 1.807) is 87.7 Å². The number of carbonyl (C=O) groups excluding carboxylic acids is 13. The molecule has 1 unspecified atom stereocenters. The number of nitrogens with two attached hydrogens (primary N) is 1. The Kier molecular flexibility index (Phi) is 36.8. The van der Waals surface area contributed by atoms with Gasteiger partial charge in [0, 0.05) is 85.0 Å². The molecule has 0 radical (unpaired) electrons. The number of nitrogens with one attached hydrogen (secondary N) is 7. The molecule has 2 aromatic rings. The van der Waals surface area contributed by atoms with Crippen LogP contribution in [0.4, 0.5) is 24.5 Å². The Morgan fingerprint density at radius 1 is 0.736 bits per heavy atom. The Hall–Kier alpha value is -8.49. The molecule has 5 rings (SSSR count). The van der Waals surface area contributed by atoms with E-state index in [4.69, 9.17) is 24.7 Å². The average Bonchev–Trinajstić information content (AvgIpc) is 1.75. The van der Waals surface area contributed by atoms with Gasteiger partial charge in [0.15, 0.2) is 5.78 Å². The minimum atomic E-state index is -1.12. The number of hydrogen-bond acceptors (Lipinski definition) is 19. The first-order valence-corrected chi connectivity index (χ1v) is 39.4. The van der Waals surface area contributed by atoms with Gasteiger partial charge in [-0.25, -0.2) is 18.8 Å². The highest BCUT2D eigenvalue weighted by Crippen LogP contribution is 2.48. The second-order valence-electron chi connectivity index (χ2n) is 31.0. The quantitative estimate of drug-likeness (QED) is 0.0203. The van der Waals surface area contributed by atoms with Gasteiger partial charge >= 0.3 is 18.2 Å². The number of amides is 13. The number of Topliss-reactive ketones (excluding diaryl/α,β-unsaturated/α-hetero) is 1. The largest absolute Gasteiger partial charge is 0.445 e. The van der Waals surface area contributed by atoms with Crippen molar-refractivity contribution in [2.24, 2.45) is 40.7 Å². The van der Waals surface area contributed by atoms with Crippen LogP contribution in [0.5, 0.6) is 0 Å². The van der Waals surface area contributed by atoms with Crippen molar-refractivity contribution in [2.75, 3.05) is 86.2 Å². The molecule has 30 nitrogen and oxygen atoms in total. The van der Waals surface area contributed by atoms with Crippen LogP contribution in [0.2, 0.25) is 0 Å². The van der Waals surface area contributed by atoms with Crippen molar-refractivity contribution in [3.63, 3.8) is 0 Å². The van der Waals surface area contributed by atoms with Gasteiger partial charge in [0.25, 0.3) is 0 Å². The molecule has 1 aliphatic carbocycles. The van der Waals surface area contributed by atoms with Crippen molar-refractivity contribution >= 4 is 94.6 Å². The van der Waals surface area contributed by atoms with E-state index in [1.165, 1.54) is 55.0 Å². The monoisotopic (exact) mass is 1560 g/mol. The Balaban J connectivity index is 1.18. The number of nitrogens with zero attached hydrogens (tertiary/aromatic N) is 5. The molecule has 32 heteroatoms. The molecule has 0 aromatic heterocycles. The first-order chi connectivity index (χ1) is 51.8. The number of carbonyl (C=O) groups is 13. The number of likely N-dealkylation sites (tertiary alicyclic amines) is 2. The average molecular weight is 1560 g/mol. The van der Waals surface area contributed by atoms with Crippen molar-refractivity contribution in [3.8, 4) is 0 Å². The lowest BCUT2D eigenvalue weighted by Gasteiger charge is -2.41. The zero-order valence-corrected chi connectivity index (χ0v) is 68.1. The van der Waals surface area contributed by atoms with E-state index in [0.717, 1.165) is 30.7 Å². The number of ether oxygens (including phenoxy) is 4. The summed E-state index contributed by atoms with van der Waals surface area (Å²) in [7, 11) is 9.49. The highest BCUT2D eigenvalue weighted by Gasteiger charge is 2.48. The molecular weight excluding hydrogens is 1440 g/mol. The number of alkyl carbamates (subject to hydrolysis) is 1. The highest BCUT2D eigenvalue weighted by molar-refractivity contribution is 8.00. The Morgan fingerprint density at radius 3 is 1.97 bits per heavy atom. The van der Waals surface area contributed by atoms with Gasteiger partial charge < -0.3 is 76.6 Å². The van der Waals surface area contributed by atoms with Crippen LogP contribution in [0, 0.1) is 40.8 Å². The Bertz CT molecular complexity index is 3450. The standard InChI is InChI=1S/C78H122FN13O17S/c1-18-48(8)66(90(15)74(102)64(46(4)5)87-72(100)65(47(6)7)88(12)13)58(106-16)40-61(94)92-42-55(39-57(92)68(107-17)49(9)69(97)83-50(10)67(96)52-27-29-53(79)30-28-52)109-77(105)89(14)38-36-82-76(104)108-43-51-25-31-54(32-26-51)84-70(98)56(23-22-35-81-75(80)103)85-71(99)63(45(2)3)86-60(93)24-20-19-21-37-91-62(95)41-59(73(91)101)110-44-78(11)33-34-78/h25-32,45-50,55-59,63-66,68H,18-24,33-44H2,1-17H3,(H,82,104)(H,83,97)(H,84,98)(H,85,99)(H,86,93)(H,87,100)(H3,80,81,103)/t48-,49+,50-,55-,56-,57-,58+,59?,63-,64-,65-,66-,68+/m0/s1. The van der Waals surface area contributed by atoms with Crippen LogP contribution in [0.15, 0.2) is 48.5 Å². The summed E-state index contributed by atoms with van der Waals surface area (Å²) in [5.41, 5.74) is 6.56. The Morgan fingerprint density at radius 2 is 1.39 bits per heavy atom. The maximum absolute atomic E-state index is 15.1. The molecule has 13 atom stereocenters. The molecule has 2 aliphatic heterocycles. The van der Waals surface area contributed by atoms with Gasteiger partial charge in [-0.1, -0.05) is 94.2 Å². The van der Waals surface area contributed by atoms with Crippen LogP contribution in [-0.4, -0.2) is 248 Å². The molecule has 13 amide bonds. The SMILES string of the molecule is CC[C@H](C)[C@@H]([C@@H](CC(=O)N1C[C@@H](OC(=O)N(C)CCNC(=O)OCc2ccc(NC(=O)[C@H](CCCNC(N)=O)NC(=O)[C@@H](NC(=O)CCCCCN3C(=O)CC(SCC4(C)CC4)C3=O)C(C)C)cc2)C[C@H]1[C@H](OC)[C@@H](C)C(=O)N[C@@H](C)C(=O)c1ccc(F)cc1)OC)N(C)C(=O)[C@@H](NC(=O)[C@H](C(C)C)N(C)C)C(C)C. The lowest BCUT2D eigenvalue weighted by molar-refractivity contribution is -0.148. The molecule has 0 spiro atoms. The highest BCUT2D eigenvalue weighted by atomic mass is 32.2. The molecule has 9 N–H and O–H groups in total. The predicted molar refractivity (Wildman–Crippen MR) is 414 cm³/mol. The molecule has 2 aromatic carbocycles. The number of methoxy groups -OCH3 is 2. The topological polar surface area (TPSA) is 385 Å². The zero-order chi connectivity index (χ0) is 82.0. The van der Waals surface area contributed by atoms with Gasteiger partial charge in [-0.3, -0.25) is 57.7 Å². The number of imide groups is 1. The Labute approximate surface area is 651 Å². The second-order valence-corrected chi connectivity index (χ2v) is 32.2. The van der Waals surface area contributed by atoms with Crippen molar-refractivity contribution in [1.29, 1.82) is 0 Å². The number of rotatable bonds is 45. The molecule has 2 heterocycles. The van der Waals surface area contributed by atoms with E-state index in [2.05, 4.69) is 44.1 Å². The summed E-state index contributed by atoms with van der Waals surface area (Å²) < 4.78 is 37.4. The molecule has 2 saturated heterocycles. The predicted octanol–water partition coefficient (Wildman–Crippen LogP) is 6.37. The fourth-order valence-electron chi connectivity index (χ4n) is 13.8. The normalized spacial score (nSPS) is 18.7. The van der Waals surface area contributed by atoms with Gasteiger partial charge in [0.2, 0.25) is 53.2 Å². The van der Waals surface area contributed by atoms with Crippen LogP contribution < -0.4 is 43.0 Å². The number of hydrogen-bond donors (Lipinski definition) is 8. The molecule has 3 aliphatic rings. The summed E-state index contributed by atoms with van der Waals surface area (Å²) in [6, 6.07) is 4.25. The van der Waals surface area contributed by atoms with E-state index in [1.807, 2.05) is 41.5 Å². The summed E-state index contributed by atoms with van der Waals surface area (Å²) in [4.78, 5) is 183. The minimum absolute atomic E-state index is 0.00732. The fraction of sp³-hybridized carbons (Fsp3) is 0.679. The van der Waals surface area contributed by atoms with Crippen LogP contribution in [0.3, 0.4) is 0 Å². The maximum Gasteiger partial charge on any atom is 0.409 e.